The van der Waals surface area contributed by atoms with E-state index >= 15 is 0 Å². The van der Waals surface area contributed by atoms with E-state index in [1.54, 1.807) is 13.8 Å². The SMILES string of the molecule is CC(C)c1cc(Nc2nc([N+]3([C@@H]4CCCN(C(=O)C(C)(C)N)C4)CCCC3C(N)=O)nc3c2CCC3)n[nH]1. The van der Waals surface area contributed by atoms with Crippen molar-refractivity contribution >= 4 is 29.4 Å². The summed E-state index contributed by atoms with van der Waals surface area (Å²) in [6.07, 6.45) is 6.00. The third-order valence-corrected chi connectivity index (χ3v) is 8.54. The number of nitrogens with two attached hydrogens (primary N) is 2. The first-order valence-electron chi connectivity index (χ1n) is 14.0. The maximum Gasteiger partial charge on any atom is 0.332 e. The Balaban J connectivity index is 1.57. The molecule has 0 saturated carbocycles. The molecule has 0 aromatic carbocycles. The molecule has 1 aliphatic carbocycles. The second-order valence-corrected chi connectivity index (χ2v) is 12.1. The molecule has 38 heavy (non-hydrogen) atoms. The van der Waals surface area contributed by atoms with Gasteiger partial charge < -0.3 is 21.7 Å². The van der Waals surface area contributed by atoms with Crippen LogP contribution in [0.5, 0.6) is 0 Å². The molecule has 0 bridgehead atoms. The number of aryl methyl sites for hydroxylation is 1. The van der Waals surface area contributed by atoms with Crippen LogP contribution in [0.2, 0.25) is 0 Å². The number of amides is 2. The molecule has 2 aliphatic heterocycles. The summed E-state index contributed by atoms with van der Waals surface area (Å²) in [6.45, 7) is 9.60. The fourth-order valence-corrected chi connectivity index (χ4v) is 6.59. The zero-order chi connectivity index (χ0) is 27.2. The fourth-order valence-electron chi connectivity index (χ4n) is 6.59. The Kier molecular flexibility index (Phi) is 6.93. The van der Waals surface area contributed by atoms with Crippen LogP contribution in [0.25, 0.3) is 0 Å². The highest BCUT2D eigenvalue weighted by molar-refractivity contribution is 5.85. The minimum atomic E-state index is -0.958. The molecule has 3 aliphatic rings. The van der Waals surface area contributed by atoms with Gasteiger partial charge in [-0.25, -0.2) is 4.48 Å². The van der Waals surface area contributed by atoms with Gasteiger partial charge in [-0.3, -0.25) is 14.7 Å². The molecule has 2 aromatic rings. The van der Waals surface area contributed by atoms with Crippen LogP contribution in [-0.4, -0.2) is 74.1 Å². The molecule has 5 rings (SSSR count). The number of nitrogens with zero attached hydrogens (tertiary/aromatic N) is 5. The lowest BCUT2D eigenvalue weighted by Gasteiger charge is -2.47. The number of quaternary nitrogens is 1. The Hall–Kier alpha value is -3.05. The summed E-state index contributed by atoms with van der Waals surface area (Å²) < 4.78 is 0.296. The Labute approximate surface area is 224 Å². The number of carbonyl (C=O) groups is 2. The standard InChI is InChI=1S/C27H41N9O2/c1-16(2)20-14-22(34-33-20)31-24-18-9-5-10-19(18)30-26(32-24)36(13-7-11-21(36)23(28)37)17-8-6-12-35(15-17)25(38)27(3,4)29/h14,16-17,21H,5-13,15,29H2,1-4H3,(H3-,28,30,31,32,33,34,37)/p+1/t17-,21?,36?/m1/s1. The summed E-state index contributed by atoms with van der Waals surface area (Å²) in [5.74, 6) is 2.01. The topological polar surface area (TPSA) is 156 Å². The molecular weight excluding hydrogens is 482 g/mol. The summed E-state index contributed by atoms with van der Waals surface area (Å²) in [5, 5.41) is 11.0. The Bertz CT molecular complexity index is 1220. The minimum absolute atomic E-state index is 0.0414. The van der Waals surface area contributed by atoms with Crippen LogP contribution in [0.4, 0.5) is 17.6 Å². The van der Waals surface area contributed by atoms with Gasteiger partial charge in [0, 0.05) is 43.1 Å². The number of likely N-dealkylation sites (tertiary alicyclic amines) is 2. The quantitative estimate of drug-likeness (QED) is 0.405. The van der Waals surface area contributed by atoms with Crippen molar-refractivity contribution in [2.24, 2.45) is 11.5 Å². The second-order valence-electron chi connectivity index (χ2n) is 12.1. The molecule has 11 nitrogen and oxygen atoms in total. The van der Waals surface area contributed by atoms with Crippen molar-refractivity contribution in [3.05, 3.63) is 23.0 Å². The summed E-state index contributed by atoms with van der Waals surface area (Å²) in [5.41, 5.74) is 14.5. The smallest absolute Gasteiger partial charge is 0.332 e. The number of carbonyl (C=O) groups excluding carboxylic acids is 2. The zero-order valence-electron chi connectivity index (χ0n) is 23.1. The number of hydrogen-bond donors (Lipinski definition) is 4. The predicted molar refractivity (Wildman–Crippen MR) is 147 cm³/mol. The van der Waals surface area contributed by atoms with E-state index in [4.69, 9.17) is 21.4 Å². The van der Waals surface area contributed by atoms with Gasteiger partial charge in [0.05, 0.1) is 24.3 Å². The number of rotatable bonds is 7. The first-order chi connectivity index (χ1) is 18.0. The average molecular weight is 525 g/mol. The van der Waals surface area contributed by atoms with Gasteiger partial charge in [0.2, 0.25) is 5.91 Å². The molecule has 206 valence electrons. The van der Waals surface area contributed by atoms with Gasteiger partial charge in [-0.05, 0) is 45.4 Å². The molecule has 0 radical (unpaired) electrons. The van der Waals surface area contributed by atoms with E-state index in [0.717, 1.165) is 61.3 Å². The molecule has 4 heterocycles. The van der Waals surface area contributed by atoms with Crippen molar-refractivity contribution in [2.45, 2.75) is 96.2 Å². The molecule has 2 fully saturated rings. The highest BCUT2D eigenvalue weighted by atomic mass is 16.2. The Morgan fingerprint density at radius 3 is 2.66 bits per heavy atom. The van der Waals surface area contributed by atoms with Crippen LogP contribution in [0.3, 0.4) is 0 Å². The summed E-state index contributed by atoms with van der Waals surface area (Å²) in [6, 6.07) is 1.53. The first-order valence-corrected chi connectivity index (χ1v) is 14.0. The minimum Gasteiger partial charge on any atom is -0.364 e. The van der Waals surface area contributed by atoms with E-state index in [0.29, 0.717) is 48.2 Å². The lowest BCUT2D eigenvalue weighted by molar-refractivity contribution is -0.138. The monoisotopic (exact) mass is 524 g/mol. The number of hydrogen-bond acceptors (Lipinski definition) is 7. The van der Waals surface area contributed by atoms with Crippen molar-refractivity contribution in [2.75, 3.05) is 25.0 Å². The number of aromatic amines is 1. The second kappa shape index (κ2) is 9.92. The molecule has 2 unspecified atom stereocenters. The van der Waals surface area contributed by atoms with Crippen molar-refractivity contribution < 1.29 is 9.59 Å². The van der Waals surface area contributed by atoms with E-state index in [9.17, 15) is 9.59 Å². The Morgan fingerprint density at radius 2 is 1.97 bits per heavy atom. The van der Waals surface area contributed by atoms with Crippen LogP contribution in [-0.2, 0) is 22.4 Å². The highest BCUT2D eigenvalue weighted by Crippen LogP contribution is 2.41. The summed E-state index contributed by atoms with van der Waals surface area (Å²) in [7, 11) is 0. The lowest BCUT2D eigenvalue weighted by atomic mass is 9.96. The summed E-state index contributed by atoms with van der Waals surface area (Å²) >= 11 is 0. The van der Waals surface area contributed by atoms with Crippen LogP contribution >= 0.6 is 0 Å². The molecule has 11 heteroatoms. The number of aromatic nitrogens is 4. The molecule has 3 atom stereocenters. The zero-order valence-corrected chi connectivity index (χ0v) is 23.1. The Morgan fingerprint density at radius 1 is 1.18 bits per heavy atom. The number of primary amides is 1. The first kappa shape index (κ1) is 26.6. The van der Waals surface area contributed by atoms with E-state index in [1.165, 1.54) is 0 Å². The van der Waals surface area contributed by atoms with Crippen LogP contribution in [0, 0.1) is 0 Å². The van der Waals surface area contributed by atoms with Crippen molar-refractivity contribution in [3.63, 3.8) is 0 Å². The molecule has 2 saturated heterocycles. The fraction of sp³-hybridized carbons (Fsp3) is 0.667. The normalized spacial score (nSPS) is 25.6. The third kappa shape index (κ3) is 4.66. The van der Waals surface area contributed by atoms with Gasteiger partial charge in [-0.2, -0.15) is 15.1 Å². The van der Waals surface area contributed by atoms with Gasteiger partial charge in [0.25, 0.3) is 5.91 Å². The van der Waals surface area contributed by atoms with E-state index < -0.39 is 11.6 Å². The average Bonchev–Trinajstić information content (AvgIpc) is 3.62. The number of nitrogens with one attached hydrogen (secondary N) is 2. The highest BCUT2D eigenvalue weighted by Gasteiger charge is 2.56. The molecule has 0 spiro atoms. The lowest BCUT2D eigenvalue weighted by Crippen LogP contribution is -2.69. The van der Waals surface area contributed by atoms with Gasteiger partial charge >= 0.3 is 5.95 Å². The predicted octanol–water partition coefficient (Wildman–Crippen LogP) is 2.24. The van der Waals surface area contributed by atoms with Crippen LogP contribution < -0.4 is 21.3 Å². The third-order valence-electron chi connectivity index (χ3n) is 8.54. The number of piperidine rings is 1. The van der Waals surface area contributed by atoms with E-state index in [2.05, 4.69) is 29.4 Å². The van der Waals surface area contributed by atoms with Crippen molar-refractivity contribution in [1.29, 1.82) is 0 Å². The maximum absolute atomic E-state index is 13.1. The number of H-pyrrole nitrogens is 1. The number of fused-ring (bicyclic) bond motifs is 1. The van der Waals surface area contributed by atoms with Gasteiger partial charge in [0.1, 0.15) is 11.9 Å². The van der Waals surface area contributed by atoms with Gasteiger partial charge in [-0.1, -0.05) is 13.8 Å². The van der Waals surface area contributed by atoms with Crippen LogP contribution in [0.1, 0.15) is 82.7 Å². The molecule has 2 aromatic heterocycles. The van der Waals surface area contributed by atoms with Crippen LogP contribution in [0.15, 0.2) is 6.07 Å². The largest absolute Gasteiger partial charge is 0.364 e. The molecular formula is C27H42N9O2+. The maximum atomic E-state index is 13.1. The van der Waals surface area contributed by atoms with E-state index in [-0.39, 0.29) is 17.9 Å². The van der Waals surface area contributed by atoms with Gasteiger partial charge in [-0.15, -0.1) is 0 Å². The number of anilines is 2. The van der Waals surface area contributed by atoms with E-state index in [1.807, 2.05) is 11.0 Å². The molecule has 6 N–H and O–H groups in total. The van der Waals surface area contributed by atoms with Gasteiger partial charge in [0.15, 0.2) is 11.9 Å². The molecule has 2 amide bonds. The summed E-state index contributed by atoms with van der Waals surface area (Å²) in [4.78, 5) is 38.2. The van der Waals surface area contributed by atoms with Crippen molar-refractivity contribution in [1.82, 2.24) is 29.5 Å². The van der Waals surface area contributed by atoms with Crippen molar-refractivity contribution in [3.8, 4) is 0 Å².